The zero-order valence-electron chi connectivity index (χ0n) is 19.4. The lowest BCUT2D eigenvalue weighted by Gasteiger charge is -2.28. The first-order valence-corrected chi connectivity index (χ1v) is 11.7. The molecule has 0 unspecified atom stereocenters. The van der Waals surface area contributed by atoms with E-state index >= 15 is 0 Å². The van der Waals surface area contributed by atoms with Crippen molar-refractivity contribution in [1.29, 1.82) is 0 Å². The Kier molecular flexibility index (Phi) is 9.99. The van der Waals surface area contributed by atoms with E-state index in [9.17, 15) is 18.0 Å². The topological polar surface area (TPSA) is 53.6 Å². The molecule has 5 nitrogen and oxygen atoms in total. The Hall–Kier alpha value is -1.85. The van der Waals surface area contributed by atoms with Gasteiger partial charge in [-0.25, -0.2) is 0 Å². The predicted molar refractivity (Wildman–Crippen MR) is 134 cm³/mol. The van der Waals surface area contributed by atoms with Crippen LogP contribution in [-0.4, -0.2) is 43.2 Å². The number of benzene rings is 2. The Morgan fingerprint density at radius 1 is 1.12 bits per heavy atom. The third kappa shape index (κ3) is 9.50. The molecule has 1 heterocycles. The van der Waals surface area contributed by atoms with Crippen molar-refractivity contribution < 1.29 is 22.7 Å². The van der Waals surface area contributed by atoms with Crippen molar-refractivity contribution in [2.45, 2.75) is 46.0 Å². The Balaban J connectivity index is 0.000000479. The van der Waals surface area contributed by atoms with E-state index in [1.54, 1.807) is 12.1 Å². The number of aryl methyl sites for hydroxylation is 1. The molecule has 0 spiro atoms. The van der Waals surface area contributed by atoms with Crippen LogP contribution in [0.2, 0.25) is 0 Å². The van der Waals surface area contributed by atoms with Crippen molar-refractivity contribution in [2.75, 3.05) is 31.5 Å². The van der Waals surface area contributed by atoms with Crippen LogP contribution in [0.25, 0.3) is 0 Å². The van der Waals surface area contributed by atoms with Gasteiger partial charge in [0.1, 0.15) is 5.60 Å². The van der Waals surface area contributed by atoms with Gasteiger partial charge in [-0.3, -0.25) is 9.69 Å². The van der Waals surface area contributed by atoms with Crippen molar-refractivity contribution >= 4 is 40.4 Å². The van der Waals surface area contributed by atoms with E-state index in [0.29, 0.717) is 24.3 Å². The van der Waals surface area contributed by atoms with Gasteiger partial charge in [-0.15, -0.1) is 0 Å². The Morgan fingerprint density at radius 3 is 2.30 bits per heavy atom. The van der Waals surface area contributed by atoms with Gasteiger partial charge in [-0.05, 0) is 85.7 Å². The number of halogens is 4. The molecule has 0 bridgehead atoms. The molecule has 0 radical (unpaired) electrons. The van der Waals surface area contributed by atoms with Crippen LogP contribution < -0.4 is 10.6 Å². The lowest BCUT2D eigenvalue weighted by Crippen LogP contribution is -2.43. The highest BCUT2D eigenvalue weighted by Gasteiger charge is 2.34. The third-order valence-corrected chi connectivity index (χ3v) is 5.72. The summed E-state index contributed by atoms with van der Waals surface area (Å²) >= 11 is 2.18. The lowest BCUT2D eigenvalue weighted by molar-refractivity contribution is -0.139. The number of alkyl halides is 3. The maximum atomic E-state index is 13.6. The van der Waals surface area contributed by atoms with E-state index in [-0.39, 0.29) is 5.60 Å². The van der Waals surface area contributed by atoms with E-state index < -0.39 is 11.7 Å². The molecular weight excluding hydrogens is 546 g/mol. The summed E-state index contributed by atoms with van der Waals surface area (Å²) in [7, 11) is 0. The SMILES string of the molecule is CC(C)(C)OC=O.Cc1ccc(Nc2ccc(CN3CCNCC3)c(C(F)(F)F)c2)c(I)c1. The van der Waals surface area contributed by atoms with Crippen LogP contribution in [0.15, 0.2) is 36.4 Å². The number of nitrogens with zero attached hydrogens (tertiary/aromatic N) is 1. The van der Waals surface area contributed by atoms with Crippen molar-refractivity contribution in [3.8, 4) is 0 Å². The maximum absolute atomic E-state index is 13.6. The molecule has 2 aromatic rings. The van der Waals surface area contributed by atoms with Crippen LogP contribution in [0.3, 0.4) is 0 Å². The van der Waals surface area contributed by atoms with E-state index in [1.165, 1.54) is 6.07 Å². The molecule has 0 atom stereocenters. The number of nitrogens with one attached hydrogen (secondary N) is 2. The maximum Gasteiger partial charge on any atom is 0.416 e. The molecule has 0 aromatic heterocycles. The molecule has 182 valence electrons. The van der Waals surface area contributed by atoms with Gasteiger partial charge < -0.3 is 15.4 Å². The van der Waals surface area contributed by atoms with Crippen LogP contribution in [0, 0.1) is 10.5 Å². The summed E-state index contributed by atoms with van der Waals surface area (Å²) in [6.07, 6.45) is -4.37. The van der Waals surface area contributed by atoms with Crippen molar-refractivity contribution in [2.24, 2.45) is 0 Å². The summed E-state index contributed by atoms with van der Waals surface area (Å²) in [4.78, 5) is 11.7. The fourth-order valence-corrected chi connectivity index (χ4v) is 3.99. The highest BCUT2D eigenvalue weighted by molar-refractivity contribution is 14.1. The summed E-state index contributed by atoms with van der Waals surface area (Å²) in [5, 5.41) is 6.33. The molecule has 1 saturated heterocycles. The average Bonchev–Trinajstić information content (AvgIpc) is 2.71. The molecular formula is C24H31F3IN3O2. The van der Waals surface area contributed by atoms with Crippen LogP contribution in [0.4, 0.5) is 24.5 Å². The second-order valence-corrected chi connectivity index (χ2v) is 9.99. The second kappa shape index (κ2) is 12.0. The summed E-state index contributed by atoms with van der Waals surface area (Å²) < 4.78 is 46.3. The molecule has 0 aliphatic carbocycles. The molecule has 2 aromatic carbocycles. The second-order valence-electron chi connectivity index (χ2n) is 8.83. The van der Waals surface area contributed by atoms with Crippen molar-refractivity contribution in [3.05, 3.63) is 56.7 Å². The molecule has 1 aliphatic heterocycles. The summed E-state index contributed by atoms with van der Waals surface area (Å²) in [6, 6.07) is 10.4. The number of piperazine rings is 1. The standard InChI is InChI=1S/C19H21F3IN3.C5H10O2/c1-13-2-5-18(17(23)10-13)25-15-4-3-14(16(11-15)19(20,21)22)12-26-8-6-24-7-9-26;1-5(2,3)7-4-6/h2-5,10-11,24-25H,6-9,12H2,1H3;4H,1-3H3. The van der Waals surface area contributed by atoms with Crippen LogP contribution >= 0.6 is 22.6 Å². The first kappa shape index (κ1) is 27.4. The van der Waals surface area contributed by atoms with E-state index in [0.717, 1.165) is 41.0 Å². The van der Waals surface area contributed by atoms with Crippen LogP contribution in [-0.2, 0) is 22.3 Å². The van der Waals surface area contributed by atoms with Gasteiger partial charge >= 0.3 is 6.18 Å². The van der Waals surface area contributed by atoms with Crippen LogP contribution in [0.5, 0.6) is 0 Å². The molecule has 0 amide bonds. The minimum atomic E-state index is -4.37. The molecule has 9 heteroatoms. The van der Waals surface area contributed by atoms with E-state index in [2.05, 4.69) is 42.9 Å². The molecule has 1 aliphatic rings. The molecule has 3 rings (SSSR count). The number of anilines is 2. The fraction of sp³-hybridized carbons (Fsp3) is 0.458. The van der Waals surface area contributed by atoms with Gasteiger partial charge in [0.05, 0.1) is 11.3 Å². The van der Waals surface area contributed by atoms with Gasteiger partial charge in [0.15, 0.2) is 0 Å². The first-order chi connectivity index (χ1) is 15.4. The quantitative estimate of drug-likeness (QED) is 0.352. The summed E-state index contributed by atoms with van der Waals surface area (Å²) in [6.45, 7) is 11.4. The summed E-state index contributed by atoms with van der Waals surface area (Å²) in [5.74, 6) is 0. The Morgan fingerprint density at radius 2 is 1.79 bits per heavy atom. The van der Waals surface area contributed by atoms with Crippen LogP contribution in [0.1, 0.15) is 37.5 Å². The smallest absolute Gasteiger partial charge is 0.416 e. The van der Waals surface area contributed by atoms with Gasteiger partial charge in [-0.1, -0.05) is 12.1 Å². The molecule has 2 N–H and O–H groups in total. The third-order valence-electron chi connectivity index (χ3n) is 4.82. The zero-order chi connectivity index (χ0) is 24.6. The molecule has 0 saturated carbocycles. The Bertz CT molecular complexity index is 924. The minimum Gasteiger partial charge on any atom is -0.462 e. The zero-order valence-corrected chi connectivity index (χ0v) is 21.5. The van der Waals surface area contributed by atoms with Gasteiger partial charge in [-0.2, -0.15) is 13.2 Å². The monoisotopic (exact) mass is 577 g/mol. The number of carbonyl (C=O) groups excluding carboxylic acids is 1. The summed E-state index contributed by atoms with van der Waals surface area (Å²) in [5.41, 5.74) is 1.80. The fourth-order valence-electron chi connectivity index (χ4n) is 3.19. The highest BCUT2D eigenvalue weighted by Crippen LogP contribution is 2.35. The first-order valence-electron chi connectivity index (χ1n) is 10.7. The van der Waals surface area contributed by atoms with Gasteiger partial charge in [0.2, 0.25) is 0 Å². The van der Waals surface area contributed by atoms with E-state index in [4.69, 9.17) is 0 Å². The predicted octanol–water partition coefficient (Wildman–Crippen LogP) is 5.73. The van der Waals surface area contributed by atoms with Crippen molar-refractivity contribution in [1.82, 2.24) is 10.2 Å². The lowest BCUT2D eigenvalue weighted by atomic mass is 10.0. The largest absolute Gasteiger partial charge is 0.462 e. The van der Waals surface area contributed by atoms with Gasteiger partial charge in [0, 0.05) is 42.0 Å². The average molecular weight is 577 g/mol. The normalized spacial score (nSPS) is 14.8. The number of carbonyl (C=O) groups is 1. The number of hydrogen-bond acceptors (Lipinski definition) is 5. The van der Waals surface area contributed by atoms with Gasteiger partial charge in [0.25, 0.3) is 6.47 Å². The Labute approximate surface area is 207 Å². The van der Waals surface area contributed by atoms with E-state index in [1.807, 2.05) is 45.9 Å². The number of ether oxygens (including phenoxy) is 1. The highest BCUT2D eigenvalue weighted by atomic mass is 127. The number of hydrogen-bond donors (Lipinski definition) is 2. The molecule has 33 heavy (non-hydrogen) atoms. The number of rotatable bonds is 5. The minimum absolute atomic E-state index is 0.318. The molecule has 1 fully saturated rings. The van der Waals surface area contributed by atoms with Crippen molar-refractivity contribution in [3.63, 3.8) is 0 Å².